The number of carbonyl (C=O) groups excluding carboxylic acids is 1. The minimum Gasteiger partial charge on any atom is -0.462 e. The zero-order valence-electron chi connectivity index (χ0n) is 25.2. The van der Waals surface area contributed by atoms with Gasteiger partial charge in [0.25, 0.3) is 0 Å². The van der Waals surface area contributed by atoms with Gasteiger partial charge < -0.3 is 29.1 Å². The van der Waals surface area contributed by atoms with Crippen LogP contribution in [0, 0.1) is 0 Å². The molecular formula is C31H46N6O3. The van der Waals surface area contributed by atoms with Crippen molar-refractivity contribution >= 4 is 17.6 Å². The molecule has 1 amide bonds. The highest BCUT2D eigenvalue weighted by molar-refractivity contribution is 5.69. The van der Waals surface area contributed by atoms with E-state index in [-0.39, 0.29) is 6.09 Å². The number of likely N-dealkylation sites (tertiary alicyclic amines) is 1. The van der Waals surface area contributed by atoms with Gasteiger partial charge in [-0.2, -0.15) is 9.97 Å². The number of para-hydroxylation sites is 1. The average molecular weight is 551 g/mol. The molecule has 4 heterocycles. The molecule has 2 saturated heterocycles. The summed E-state index contributed by atoms with van der Waals surface area (Å²) in [6, 6.07) is 9.57. The summed E-state index contributed by atoms with van der Waals surface area (Å²) in [5.41, 5.74) is 4.39. The Morgan fingerprint density at radius 2 is 1.77 bits per heavy atom. The number of aromatic nitrogens is 2. The number of nitrogens with zero attached hydrogens (tertiary/aromatic N) is 6. The smallest absolute Gasteiger partial charge is 0.410 e. The molecule has 2 aromatic rings. The van der Waals surface area contributed by atoms with Gasteiger partial charge in [-0.25, -0.2) is 4.79 Å². The molecule has 0 spiro atoms. The molecule has 0 radical (unpaired) electrons. The molecule has 1 atom stereocenters. The van der Waals surface area contributed by atoms with Gasteiger partial charge >= 0.3 is 12.1 Å². The van der Waals surface area contributed by atoms with Gasteiger partial charge in [0.2, 0.25) is 0 Å². The van der Waals surface area contributed by atoms with Gasteiger partial charge in [0.05, 0.1) is 12.2 Å². The number of carbonyl (C=O) groups is 1. The third-order valence-electron chi connectivity index (χ3n) is 8.23. The Morgan fingerprint density at radius 3 is 2.45 bits per heavy atom. The van der Waals surface area contributed by atoms with Crippen LogP contribution in [0.5, 0.6) is 6.01 Å². The van der Waals surface area contributed by atoms with Crippen molar-refractivity contribution in [3.63, 3.8) is 0 Å². The molecule has 0 aliphatic carbocycles. The van der Waals surface area contributed by atoms with E-state index in [0.717, 1.165) is 44.0 Å². The molecule has 9 heteroatoms. The van der Waals surface area contributed by atoms with E-state index in [1.165, 1.54) is 23.2 Å². The minimum absolute atomic E-state index is 0.249. The first-order valence-corrected chi connectivity index (χ1v) is 14.9. The largest absolute Gasteiger partial charge is 0.462 e. The van der Waals surface area contributed by atoms with Crippen molar-refractivity contribution in [3.05, 3.63) is 41.1 Å². The maximum absolute atomic E-state index is 12.7. The molecule has 0 N–H and O–H groups in total. The summed E-state index contributed by atoms with van der Waals surface area (Å²) in [6.07, 6.45) is 2.96. The molecule has 0 saturated carbocycles. The lowest BCUT2D eigenvalue weighted by molar-refractivity contribution is 0.0240. The monoisotopic (exact) mass is 550 g/mol. The maximum atomic E-state index is 12.7. The number of hydrogen-bond donors (Lipinski definition) is 0. The fraction of sp³-hybridized carbons (Fsp3) is 0.645. The van der Waals surface area contributed by atoms with E-state index in [0.29, 0.717) is 50.8 Å². The van der Waals surface area contributed by atoms with Gasteiger partial charge in [-0.1, -0.05) is 32.0 Å². The van der Waals surface area contributed by atoms with E-state index in [1.54, 1.807) is 4.90 Å². The van der Waals surface area contributed by atoms with Gasteiger partial charge in [-0.3, -0.25) is 0 Å². The van der Waals surface area contributed by atoms with Crippen LogP contribution in [0.15, 0.2) is 24.3 Å². The van der Waals surface area contributed by atoms with Crippen molar-refractivity contribution in [1.29, 1.82) is 0 Å². The standard InChI is InChI=1S/C31H46N6O3/c1-22(2)24-11-7-8-12-27(24)37-15-13-25-26(20-37)32-29(39-21-23-10-9-14-34(23)6)33-28(25)35-16-18-36(19-17-35)30(38)40-31(3,4)5/h7-8,11-12,22-23H,9-10,13-21H2,1-6H3. The number of piperazine rings is 1. The summed E-state index contributed by atoms with van der Waals surface area (Å²) in [7, 11) is 2.16. The first-order valence-electron chi connectivity index (χ1n) is 14.9. The number of hydrogen-bond acceptors (Lipinski definition) is 8. The second kappa shape index (κ2) is 11.8. The summed E-state index contributed by atoms with van der Waals surface area (Å²) in [5, 5.41) is 0. The number of ether oxygens (including phenoxy) is 2. The van der Waals surface area contributed by atoms with E-state index in [2.05, 4.69) is 59.9 Å². The first kappa shape index (κ1) is 28.5. The van der Waals surface area contributed by atoms with Crippen molar-refractivity contribution in [1.82, 2.24) is 19.8 Å². The average Bonchev–Trinajstić information content (AvgIpc) is 3.34. The van der Waals surface area contributed by atoms with Crippen LogP contribution in [-0.2, 0) is 17.7 Å². The molecular weight excluding hydrogens is 504 g/mol. The van der Waals surface area contributed by atoms with Gasteiger partial charge in [-0.15, -0.1) is 0 Å². The lowest BCUT2D eigenvalue weighted by atomic mass is 9.98. The van der Waals surface area contributed by atoms with Crippen LogP contribution in [0.25, 0.3) is 0 Å². The molecule has 3 aliphatic rings. The Labute approximate surface area is 239 Å². The van der Waals surface area contributed by atoms with E-state index in [9.17, 15) is 4.79 Å². The highest BCUT2D eigenvalue weighted by atomic mass is 16.6. The van der Waals surface area contributed by atoms with Gasteiger partial charge in [0.1, 0.15) is 18.0 Å². The summed E-state index contributed by atoms with van der Waals surface area (Å²) < 4.78 is 11.9. The predicted molar refractivity (Wildman–Crippen MR) is 158 cm³/mol. The Hall–Kier alpha value is -3.07. The SMILES string of the molecule is CC(C)c1ccccc1N1CCc2c(nc(OCC3CCCN3C)nc2N2CCN(C(=O)OC(C)(C)C)CC2)C1. The number of fused-ring (bicyclic) bond motifs is 1. The number of amides is 1. The first-order chi connectivity index (χ1) is 19.1. The normalized spacial score (nSPS) is 20.2. The Kier molecular flexibility index (Phi) is 8.40. The Morgan fingerprint density at radius 1 is 1.02 bits per heavy atom. The molecule has 2 fully saturated rings. The van der Waals surface area contributed by atoms with E-state index in [1.807, 2.05) is 20.8 Å². The molecule has 3 aliphatic heterocycles. The molecule has 1 aromatic carbocycles. The quantitative estimate of drug-likeness (QED) is 0.513. The minimum atomic E-state index is -0.500. The second-order valence-corrected chi connectivity index (χ2v) is 12.7. The Bertz CT molecular complexity index is 1190. The summed E-state index contributed by atoms with van der Waals surface area (Å²) in [5.74, 6) is 1.41. The molecule has 218 valence electrons. The third-order valence-corrected chi connectivity index (χ3v) is 8.23. The highest BCUT2D eigenvalue weighted by Crippen LogP contribution is 2.34. The third kappa shape index (κ3) is 6.45. The maximum Gasteiger partial charge on any atom is 0.410 e. The second-order valence-electron chi connectivity index (χ2n) is 12.7. The van der Waals surface area contributed by atoms with E-state index >= 15 is 0 Å². The number of likely N-dealkylation sites (N-methyl/N-ethyl adjacent to an activating group) is 1. The number of anilines is 2. The number of benzene rings is 1. The van der Waals surface area contributed by atoms with Crippen LogP contribution < -0.4 is 14.5 Å². The van der Waals surface area contributed by atoms with E-state index < -0.39 is 5.60 Å². The fourth-order valence-electron chi connectivity index (χ4n) is 5.97. The van der Waals surface area contributed by atoms with Crippen molar-refractivity contribution in [2.75, 3.05) is 62.7 Å². The van der Waals surface area contributed by atoms with Crippen LogP contribution >= 0.6 is 0 Å². The van der Waals surface area contributed by atoms with Gasteiger partial charge in [0.15, 0.2) is 0 Å². The van der Waals surface area contributed by atoms with Crippen molar-refractivity contribution < 1.29 is 14.3 Å². The van der Waals surface area contributed by atoms with Gasteiger partial charge in [0, 0.05) is 50.0 Å². The van der Waals surface area contributed by atoms with Crippen molar-refractivity contribution in [2.45, 2.75) is 78.0 Å². The summed E-state index contributed by atoms with van der Waals surface area (Å²) >= 11 is 0. The molecule has 0 bridgehead atoms. The zero-order chi connectivity index (χ0) is 28.4. The summed E-state index contributed by atoms with van der Waals surface area (Å²) in [6.45, 7) is 16.2. The molecule has 1 aromatic heterocycles. The van der Waals surface area contributed by atoms with Crippen LogP contribution in [-0.4, -0.2) is 90.4 Å². The van der Waals surface area contributed by atoms with E-state index in [4.69, 9.17) is 19.4 Å². The zero-order valence-corrected chi connectivity index (χ0v) is 25.2. The Balaban J connectivity index is 1.38. The van der Waals surface area contributed by atoms with Crippen LogP contribution in [0.1, 0.15) is 70.2 Å². The van der Waals surface area contributed by atoms with Crippen LogP contribution in [0.2, 0.25) is 0 Å². The molecule has 40 heavy (non-hydrogen) atoms. The predicted octanol–water partition coefficient (Wildman–Crippen LogP) is 4.69. The van der Waals surface area contributed by atoms with Crippen LogP contribution in [0.4, 0.5) is 16.3 Å². The molecule has 1 unspecified atom stereocenters. The lowest BCUT2D eigenvalue weighted by Crippen LogP contribution is -2.50. The lowest BCUT2D eigenvalue weighted by Gasteiger charge is -2.38. The van der Waals surface area contributed by atoms with Crippen molar-refractivity contribution in [2.24, 2.45) is 0 Å². The topological polar surface area (TPSA) is 74.3 Å². The molecule has 9 nitrogen and oxygen atoms in total. The van der Waals surface area contributed by atoms with Gasteiger partial charge in [-0.05, 0) is 71.2 Å². The number of rotatable bonds is 6. The van der Waals surface area contributed by atoms with Crippen molar-refractivity contribution in [3.8, 4) is 6.01 Å². The highest BCUT2D eigenvalue weighted by Gasteiger charge is 2.31. The molecule has 5 rings (SSSR count). The fourth-order valence-corrected chi connectivity index (χ4v) is 5.97. The summed E-state index contributed by atoms with van der Waals surface area (Å²) in [4.78, 5) is 31.5. The van der Waals surface area contributed by atoms with Crippen LogP contribution in [0.3, 0.4) is 0 Å².